The summed E-state index contributed by atoms with van der Waals surface area (Å²) in [6.45, 7) is 8.69. The van der Waals surface area contributed by atoms with E-state index in [1.54, 1.807) is 6.20 Å². The van der Waals surface area contributed by atoms with Crippen molar-refractivity contribution in [2.75, 3.05) is 6.54 Å². The largest absolute Gasteiger partial charge is 0.352 e. The fourth-order valence-corrected chi connectivity index (χ4v) is 2.49. The molecule has 124 valence electrons. The van der Waals surface area contributed by atoms with Crippen LogP contribution < -0.4 is 11.1 Å². The molecule has 5 nitrogen and oxygen atoms in total. The van der Waals surface area contributed by atoms with E-state index in [9.17, 15) is 4.79 Å². The quantitative estimate of drug-likeness (QED) is 0.861. The minimum absolute atomic E-state index is 0.0788. The predicted molar refractivity (Wildman–Crippen MR) is 93.0 cm³/mol. The normalized spacial score (nSPS) is 12.4. The molecule has 0 radical (unpaired) electrons. The third kappa shape index (κ3) is 4.20. The molecule has 1 unspecified atom stereocenters. The van der Waals surface area contributed by atoms with E-state index in [1.165, 1.54) is 5.56 Å². The number of carbonyl (C=O) groups excluding carboxylic acids is 1. The predicted octanol–water partition coefficient (Wildman–Crippen LogP) is 2.77. The number of nitrogens with one attached hydrogen (secondary N) is 1. The maximum Gasteiger partial charge on any atom is 0.254 e. The SMILES string of the molecule is Cc1ccc(-n2ncc(C(=O)NCCC(C)N)c2C(C)C)cc1. The first-order chi connectivity index (χ1) is 10.9. The highest BCUT2D eigenvalue weighted by atomic mass is 16.1. The molecule has 1 aromatic carbocycles. The summed E-state index contributed by atoms with van der Waals surface area (Å²) in [7, 11) is 0. The van der Waals surface area contributed by atoms with Gasteiger partial charge in [-0.15, -0.1) is 0 Å². The van der Waals surface area contributed by atoms with Crippen LogP contribution in [0.25, 0.3) is 5.69 Å². The van der Waals surface area contributed by atoms with Gasteiger partial charge in [-0.3, -0.25) is 4.79 Å². The molecule has 0 aliphatic heterocycles. The van der Waals surface area contributed by atoms with E-state index in [4.69, 9.17) is 5.73 Å². The summed E-state index contributed by atoms with van der Waals surface area (Å²) < 4.78 is 1.85. The summed E-state index contributed by atoms with van der Waals surface area (Å²) in [6.07, 6.45) is 2.41. The van der Waals surface area contributed by atoms with Crippen molar-refractivity contribution >= 4 is 5.91 Å². The van der Waals surface area contributed by atoms with E-state index in [0.29, 0.717) is 12.1 Å². The van der Waals surface area contributed by atoms with Crippen molar-refractivity contribution in [1.82, 2.24) is 15.1 Å². The van der Waals surface area contributed by atoms with Crippen molar-refractivity contribution in [2.45, 2.75) is 46.1 Å². The number of hydrogen-bond acceptors (Lipinski definition) is 3. The van der Waals surface area contributed by atoms with Gasteiger partial charge in [-0.05, 0) is 38.3 Å². The Morgan fingerprint density at radius 2 is 1.91 bits per heavy atom. The lowest BCUT2D eigenvalue weighted by Crippen LogP contribution is -2.29. The fourth-order valence-electron chi connectivity index (χ4n) is 2.49. The molecule has 23 heavy (non-hydrogen) atoms. The minimum atomic E-state index is -0.0901. The van der Waals surface area contributed by atoms with Crippen LogP contribution >= 0.6 is 0 Å². The average molecular weight is 314 g/mol. The molecule has 0 spiro atoms. The molecule has 0 saturated carbocycles. The van der Waals surface area contributed by atoms with Crippen molar-refractivity contribution in [1.29, 1.82) is 0 Å². The number of aryl methyl sites for hydroxylation is 1. The average Bonchev–Trinajstić information content (AvgIpc) is 2.92. The zero-order valence-corrected chi connectivity index (χ0v) is 14.3. The van der Waals surface area contributed by atoms with Crippen LogP contribution in [0, 0.1) is 6.92 Å². The first kappa shape index (κ1) is 17.2. The monoisotopic (exact) mass is 314 g/mol. The van der Waals surface area contributed by atoms with Crippen LogP contribution in [-0.4, -0.2) is 28.3 Å². The summed E-state index contributed by atoms with van der Waals surface area (Å²) in [4.78, 5) is 12.4. The highest BCUT2D eigenvalue weighted by molar-refractivity contribution is 5.95. The molecule has 0 saturated heterocycles. The Labute approximate surface area is 137 Å². The van der Waals surface area contributed by atoms with Crippen LogP contribution in [0.15, 0.2) is 30.5 Å². The topological polar surface area (TPSA) is 72.9 Å². The van der Waals surface area contributed by atoms with Crippen LogP contribution in [-0.2, 0) is 0 Å². The van der Waals surface area contributed by atoms with Gasteiger partial charge in [0.25, 0.3) is 5.91 Å². The van der Waals surface area contributed by atoms with Gasteiger partial charge in [0.15, 0.2) is 0 Å². The van der Waals surface area contributed by atoms with E-state index in [-0.39, 0.29) is 17.9 Å². The summed E-state index contributed by atoms with van der Waals surface area (Å²) >= 11 is 0. The molecular formula is C18H26N4O. The zero-order chi connectivity index (χ0) is 17.0. The van der Waals surface area contributed by atoms with Gasteiger partial charge in [-0.1, -0.05) is 31.5 Å². The van der Waals surface area contributed by atoms with E-state index < -0.39 is 0 Å². The van der Waals surface area contributed by atoms with Crippen LogP contribution in [0.2, 0.25) is 0 Å². The first-order valence-electron chi connectivity index (χ1n) is 8.09. The molecule has 5 heteroatoms. The van der Waals surface area contributed by atoms with Crippen molar-refractivity contribution < 1.29 is 4.79 Å². The number of carbonyl (C=O) groups is 1. The summed E-state index contributed by atoms with van der Waals surface area (Å²) in [5.74, 6) is 0.0979. The van der Waals surface area contributed by atoms with Crippen LogP contribution in [0.5, 0.6) is 0 Å². The zero-order valence-electron chi connectivity index (χ0n) is 14.3. The van der Waals surface area contributed by atoms with Gasteiger partial charge in [0.1, 0.15) is 0 Å². The Morgan fingerprint density at radius 1 is 1.26 bits per heavy atom. The van der Waals surface area contributed by atoms with Gasteiger partial charge in [0.05, 0.1) is 23.1 Å². The van der Waals surface area contributed by atoms with Gasteiger partial charge in [-0.25, -0.2) is 4.68 Å². The van der Waals surface area contributed by atoms with E-state index in [1.807, 2.05) is 42.8 Å². The molecule has 1 amide bonds. The molecule has 1 aromatic heterocycles. The van der Waals surface area contributed by atoms with Crippen molar-refractivity contribution in [2.24, 2.45) is 5.73 Å². The lowest BCUT2D eigenvalue weighted by Gasteiger charge is -2.13. The van der Waals surface area contributed by atoms with E-state index in [2.05, 4.69) is 24.3 Å². The molecule has 0 bridgehead atoms. The number of aromatic nitrogens is 2. The van der Waals surface area contributed by atoms with E-state index >= 15 is 0 Å². The molecule has 2 aromatic rings. The Hall–Kier alpha value is -2.14. The maximum absolute atomic E-state index is 12.4. The van der Waals surface area contributed by atoms with Crippen molar-refractivity contribution in [3.05, 3.63) is 47.3 Å². The number of rotatable bonds is 6. The smallest absolute Gasteiger partial charge is 0.254 e. The van der Waals surface area contributed by atoms with Crippen LogP contribution in [0.3, 0.4) is 0 Å². The minimum Gasteiger partial charge on any atom is -0.352 e. The lowest BCUT2D eigenvalue weighted by atomic mass is 10.0. The molecule has 3 N–H and O–H groups in total. The number of benzene rings is 1. The van der Waals surface area contributed by atoms with Gasteiger partial charge in [0.2, 0.25) is 0 Å². The molecule has 0 fully saturated rings. The highest BCUT2D eigenvalue weighted by Crippen LogP contribution is 2.23. The maximum atomic E-state index is 12.4. The Bertz CT molecular complexity index is 656. The number of nitrogens with two attached hydrogens (primary N) is 1. The second kappa shape index (κ2) is 7.42. The summed E-state index contributed by atoms with van der Waals surface area (Å²) in [5.41, 5.74) is 9.43. The summed E-state index contributed by atoms with van der Waals surface area (Å²) in [5, 5.41) is 7.36. The molecule has 2 rings (SSSR count). The number of hydrogen-bond donors (Lipinski definition) is 2. The van der Waals surface area contributed by atoms with Gasteiger partial charge in [-0.2, -0.15) is 5.10 Å². The fraction of sp³-hybridized carbons (Fsp3) is 0.444. The van der Waals surface area contributed by atoms with E-state index in [0.717, 1.165) is 17.8 Å². The second-order valence-corrected chi connectivity index (χ2v) is 6.37. The molecule has 1 atom stereocenters. The van der Waals surface area contributed by atoms with Crippen LogP contribution in [0.1, 0.15) is 54.7 Å². The van der Waals surface area contributed by atoms with Gasteiger partial charge < -0.3 is 11.1 Å². The molecular weight excluding hydrogens is 288 g/mol. The number of amides is 1. The van der Waals surface area contributed by atoms with Crippen molar-refractivity contribution in [3.63, 3.8) is 0 Å². The van der Waals surface area contributed by atoms with Crippen molar-refractivity contribution in [3.8, 4) is 5.69 Å². The summed E-state index contributed by atoms with van der Waals surface area (Å²) in [6, 6.07) is 8.21. The highest BCUT2D eigenvalue weighted by Gasteiger charge is 2.20. The number of nitrogens with zero attached hydrogens (tertiary/aromatic N) is 2. The Balaban J connectivity index is 2.28. The lowest BCUT2D eigenvalue weighted by molar-refractivity contribution is 0.0951. The molecule has 1 heterocycles. The standard InChI is InChI=1S/C18H26N4O/c1-12(2)17-16(18(23)20-10-9-14(4)19)11-21-22(17)15-7-5-13(3)6-8-15/h5-8,11-12,14H,9-10,19H2,1-4H3,(H,20,23). The van der Waals surface area contributed by atoms with Crippen LogP contribution in [0.4, 0.5) is 0 Å². The first-order valence-corrected chi connectivity index (χ1v) is 8.09. The molecule has 0 aliphatic carbocycles. The Kier molecular flexibility index (Phi) is 5.55. The van der Waals surface area contributed by atoms with Gasteiger partial charge >= 0.3 is 0 Å². The Morgan fingerprint density at radius 3 is 2.48 bits per heavy atom. The third-order valence-electron chi connectivity index (χ3n) is 3.76. The van der Waals surface area contributed by atoms with Gasteiger partial charge in [0, 0.05) is 12.6 Å². The second-order valence-electron chi connectivity index (χ2n) is 6.37. The molecule has 0 aliphatic rings. The third-order valence-corrected chi connectivity index (χ3v) is 3.76.